The van der Waals surface area contributed by atoms with Crippen molar-refractivity contribution in [3.63, 3.8) is 0 Å². The van der Waals surface area contributed by atoms with Crippen LogP contribution in [0.2, 0.25) is 0 Å². The molecule has 0 fully saturated rings. The van der Waals surface area contributed by atoms with E-state index in [1.165, 1.54) is 5.56 Å². The smallest absolute Gasteiger partial charge is 0.196 e. The second-order valence-corrected chi connectivity index (χ2v) is 11.9. The fourth-order valence-corrected chi connectivity index (χ4v) is 6.54. The molecular weight excluding hydrogens is 574 g/mol. The van der Waals surface area contributed by atoms with Gasteiger partial charge in [-0.25, -0.2) is 9.97 Å². The molecule has 9 rings (SSSR count). The summed E-state index contributed by atoms with van der Waals surface area (Å²) in [5.41, 5.74) is 9.26. The Morgan fingerprint density at radius 1 is 0.468 bits per heavy atom. The van der Waals surface area contributed by atoms with Gasteiger partial charge in [0.15, 0.2) is 17.8 Å². The van der Waals surface area contributed by atoms with Crippen LogP contribution in [0.1, 0.15) is 11.8 Å². The van der Waals surface area contributed by atoms with Crippen molar-refractivity contribution in [3.05, 3.63) is 169 Å². The number of nitrogens with zero attached hydrogens (tertiary/aromatic N) is 2. The standard InChI is InChI=1S/C43H29N3O/c1-4-11-28(12-5-1)32-17-10-18-34(25-32)39-27-38(29-13-6-2-7-14-29)44-42(45-39)35-21-23-36-33(26-35)20-19-30-22-24-37-41(40(30)36)47-43(46-37)31-15-8-3-9-16-31/h1-27,43,46H. The van der Waals surface area contributed by atoms with Gasteiger partial charge in [-0.1, -0.05) is 140 Å². The molecule has 0 bridgehead atoms. The van der Waals surface area contributed by atoms with Crippen LogP contribution in [0.25, 0.3) is 66.6 Å². The topological polar surface area (TPSA) is 47.0 Å². The van der Waals surface area contributed by atoms with Gasteiger partial charge in [-0.2, -0.15) is 0 Å². The minimum Gasteiger partial charge on any atom is -0.464 e. The second kappa shape index (κ2) is 11.3. The highest BCUT2D eigenvalue weighted by Crippen LogP contribution is 2.46. The molecule has 0 spiro atoms. The fourth-order valence-electron chi connectivity index (χ4n) is 6.54. The number of fused-ring (bicyclic) bond motifs is 5. The first kappa shape index (κ1) is 27.1. The number of rotatable bonds is 5. The van der Waals surface area contributed by atoms with E-state index in [2.05, 4.69) is 127 Å². The third-order valence-corrected chi connectivity index (χ3v) is 8.90. The van der Waals surface area contributed by atoms with Crippen LogP contribution in [0.3, 0.4) is 0 Å². The van der Waals surface area contributed by atoms with Crippen molar-refractivity contribution in [1.82, 2.24) is 9.97 Å². The van der Waals surface area contributed by atoms with Crippen molar-refractivity contribution in [3.8, 4) is 50.8 Å². The number of ether oxygens (including phenoxy) is 1. The van der Waals surface area contributed by atoms with Crippen molar-refractivity contribution in [2.45, 2.75) is 6.23 Å². The molecule has 1 aliphatic rings. The maximum absolute atomic E-state index is 6.56. The summed E-state index contributed by atoms with van der Waals surface area (Å²) >= 11 is 0. The van der Waals surface area contributed by atoms with Crippen molar-refractivity contribution in [2.24, 2.45) is 0 Å². The van der Waals surface area contributed by atoms with Crippen LogP contribution in [-0.2, 0) is 0 Å². The van der Waals surface area contributed by atoms with Crippen LogP contribution in [-0.4, -0.2) is 9.97 Å². The molecular formula is C43H29N3O. The minimum atomic E-state index is -0.223. The van der Waals surface area contributed by atoms with Crippen molar-refractivity contribution in [1.29, 1.82) is 0 Å². The van der Waals surface area contributed by atoms with E-state index in [1.54, 1.807) is 0 Å². The molecule has 0 saturated heterocycles. The minimum absolute atomic E-state index is 0.223. The Labute approximate surface area is 273 Å². The van der Waals surface area contributed by atoms with Crippen molar-refractivity contribution >= 4 is 27.2 Å². The molecule has 1 aromatic heterocycles. The molecule has 222 valence electrons. The van der Waals surface area contributed by atoms with E-state index in [0.29, 0.717) is 5.82 Å². The van der Waals surface area contributed by atoms with Gasteiger partial charge >= 0.3 is 0 Å². The first-order chi connectivity index (χ1) is 23.3. The summed E-state index contributed by atoms with van der Waals surface area (Å²) in [7, 11) is 0. The summed E-state index contributed by atoms with van der Waals surface area (Å²) in [6.45, 7) is 0. The van der Waals surface area contributed by atoms with Gasteiger partial charge in [0.1, 0.15) is 0 Å². The van der Waals surface area contributed by atoms with E-state index >= 15 is 0 Å². The molecule has 1 unspecified atom stereocenters. The molecule has 1 aliphatic heterocycles. The monoisotopic (exact) mass is 603 g/mol. The molecule has 1 atom stereocenters. The Morgan fingerprint density at radius 3 is 1.89 bits per heavy atom. The fraction of sp³-hybridized carbons (Fsp3) is 0.0233. The molecule has 2 heterocycles. The van der Waals surface area contributed by atoms with Crippen molar-refractivity contribution in [2.75, 3.05) is 5.32 Å². The summed E-state index contributed by atoms with van der Waals surface area (Å²) in [6, 6.07) is 56.8. The summed E-state index contributed by atoms with van der Waals surface area (Å²) in [4.78, 5) is 10.3. The van der Waals surface area contributed by atoms with Crippen LogP contribution in [0.4, 0.5) is 5.69 Å². The lowest BCUT2D eigenvalue weighted by molar-refractivity contribution is 0.263. The van der Waals surface area contributed by atoms with Gasteiger partial charge in [0.05, 0.1) is 17.1 Å². The number of aromatic nitrogens is 2. The van der Waals surface area contributed by atoms with Crippen LogP contribution in [0.15, 0.2) is 164 Å². The molecule has 7 aromatic carbocycles. The quantitative estimate of drug-likeness (QED) is 0.199. The third-order valence-electron chi connectivity index (χ3n) is 8.90. The lowest BCUT2D eigenvalue weighted by Crippen LogP contribution is -2.09. The zero-order valence-corrected chi connectivity index (χ0v) is 25.5. The van der Waals surface area contributed by atoms with E-state index in [4.69, 9.17) is 14.7 Å². The van der Waals surface area contributed by atoms with Gasteiger partial charge in [0.2, 0.25) is 0 Å². The van der Waals surface area contributed by atoms with Crippen molar-refractivity contribution < 1.29 is 4.74 Å². The molecule has 0 aliphatic carbocycles. The largest absolute Gasteiger partial charge is 0.464 e. The van der Waals surface area contributed by atoms with E-state index in [1.807, 2.05) is 42.5 Å². The van der Waals surface area contributed by atoms with Gasteiger partial charge in [-0.15, -0.1) is 0 Å². The van der Waals surface area contributed by atoms with E-state index in [0.717, 1.165) is 72.2 Å². The Hall–Kier alpha value is -6.26. The number of hydrogen-bond acceptors (Lipinski definition) is 4. The highest BCUT2D eigenvalue weighted by Gasteiger charge is 2.26. The molecule has 0 radical (unpaired) electrons. The first-order valence-electron chi connectivity index (χ1n) is 15.9. The number of hydrogen-bond donors (Lipinski definition) is 1. The van der Waals surface area contributed by atoms with E-state index in [9.17, 15) is 0 Å². The molecule has 0 saturated carbocycles. The molecule has 47 heavy (non-hydrogen) atoms. The third kappa shape index (κ3) is 4.97. The average molecular weight is 604 g/mol. The zero-order valence-electron chi connectivity index (χ0n) is 25.5. The Morgan fingerprint density at radius 2 is 1.11 bits per heavy atom. The van der Waals surface area contributed by atoms with Gasteiger partial charge < -0.3 is 10.1 Å². The van der Waals surface area contributed by atoms with Crippen LogP contribution < -0.4 is 10.1 Å². The van der Waals surface area contributed by atoms with Gasteiger partial charge in [0, 0.05) is 27.6 Å². The molecule has 4 heteroatoms. The predicted molar refractivity (Wildman–Crippen MR) is 192 cm³/mol. The van der Waals surface area contributed by atoms with E-state index in [-0.39, 0.29) is 6.23 Å². The normalized spacial score (nSPS) is 13.7. The SMILES string of the molecule is c1ccc(-c2cccc(-c3cc(-c4ccccc4)nc(-c4ccc5c(ccc6ccc7c(c65)OC(c5ccccc5)N7)c4)n3)c2)cc1. The lowest BCUT2D eigenvalue weighted by Gasteiger charge is -2.13. The summed E-state index contributed by atoms with van der Waals surface area (Å²) in [5.74, 6) is 1.58. The Bertz CT molecular complexity index is 2410. The predicted octanol–water partition coefficient (Wildman–Crippen LogP) is 11.0. The highest BCUT2D eigenvalue weighted by atomic mass is 16.5. The molecule has 4 nitrogen and oxygen atoms in total. The van der Waals surface area contributed by atoms with Gasteiger partial charge in [0.25, 0.3) is 0 Å². The summed E-state index contributed by atoms with van der Waals surface area (Å²) < 4.78 is 6.56. The average Bonchev–Trinajstić information content (AvgIpc) is 3.60. The first-order valence-corrected chi connectivity index (χ1v) is 15.9. The molecule has 8 aromatic rings. The maximum atomic E-state index is 6.56. The lowest BCUT2D eigenvalue weighted by atomic mass is 9.98. The summed E-state index contributed by atoms with van der Waals surface area (Å²) in [5, 5.41) is 8.05. The maximum Gasteiger partial charge on any atom is 0.196 e. The van der Waals surface area contributed by atoms with Crippen LogP contribution in [0.5, 0.6) is 5.75 Å². The Balaban J connectivity index is 1.16. The highest BCUT2D eigenvalue weighted by molar-refractivity contribution is 6.13. The number of benzene rings is 7. The number of nitrogens with one attached hydrogen (secondary N) is 1. The van der Waals surface area contributed by atoms with Gasteiger partial charge in [-0.05, 0) is 51.6 Å². The number of anilines is 1. The summed E-state index contributed by atoms with van der Waals surface area (Å²) in [6.07, 6.45) is -0.223. The molecule has 0 amide bonds. The van der Waals surface area contributed by atoms with E-state index < -0.39 is 0 Å². The van der Waals surface area contributed by atoms with Crippen LogP contribution in [0, 0.1) is 0 Å². The molecule has 1 N–H and O–H groups in total. The Kier molecular flexibility index (Phi) is 6.50. The van der Waals surface area contributed by atoms with Crippen LogP contribution >= 0.6 is 0 Å². The zero-order chi connectivity index (χ0) is 31.2. The van der Waals surface area contributed by atoms with Gasteiger partial charge in [-0.3, -0.25) is 0 Å². The second-order valence-electron chi connectivity index (χ2n) is 11.9.